The summed E-state index contributed by atoms with van der Waals surface area (Å²) in [7, 11) is -4.66. The van der Waals surface area contributed by atoms with Gasteiger partial charge in [0.2, 0.25) is 0 Å². The molecule has 3 aromatic carbocycles. The van der Waals surface area contributed by atoms with E-state index in [2.05, 4.69) is 0 Å². The second-order valence-corrected chi connectivity index (χ2v) is 8.42. The summed E-state index contributed by atoms with van der Waals surface area (Å²) in [5, 5.41) is 9.26. The van der Waals surface area contributed by atoms with Crippen LogP contribution in [0.3, 0.4) is 0 Å². The summed E-state index contributed by atoms with van der Waals surface area (Å²) >= 11 is 0. The van der Waals surface area contributed by atoms with Crippen molar-refractivity contribution in [3.8, 4) is 11.5 Å². The minimum Gasteiger partial charge on any atom is -0.478 e. The van der Waals surface area contributed by atoms with E-state index in [0.717, 1.165) is 12.1 Å². The van der Waals surface area contributed by atoms with Gasteiger partial charge in [0.05, 0.1) is 21.7 Å². The molecule has 0 heterocycles. The van der Waals surface area contributed by atoms with Crippen molar-refractivity contribution in [1.82, 2.24) is 0 Å². The molecule has 0 atom stereocenters. The normalized spacial score (nSPS) is 12.3. The Morgan fingerprint density at radius 3 is 1.91 bits per heavy atom. The second kappa shape index (κ2) is 8.89. The first-order valence-electron chi connectivity index (χ1n) is 9.10. The predicted octanol–water partition coefficient (Wildman–Crippen LogP) is 6.02. The van der Waals surface area contributed by atoms with Gasteiger partial charge in [0, 0.05) is 0 Å². The highest BCUT2D eigenvalue weighted by Gasteiger charge is 2.33. The molecule has 0 saturated heterocycles. The quantitative estimate of drug-likeness (QED) is 0.400. The molecule has 3 rings (SSSR count). The van der Waals surface area contributed by atoms with Crippen LogP contribution >= 0.6 is 0 Å². The molecule has 0 radical (unpaired) electrons. The maximum atomic E-state index is 13.2. The van der Waals surface area contributed by atoms with E-state index in [1.54, 1.807) is 0 Å². The molecule has 0 fully saturated rings. The fraction of sp³-hybridized carbons (Fsp3) is 0.0952. The van der Waals surface area contributed by atoms with E-state index in [9.17, 15) is 44.7 Å². The highest BCUT2D eigenvalue weighted by molar-refractivity contribution is 7.92. The lowest BCUT2D eigenvalue weighted by Gasteiger charge is -2.17. The molecule has 180 valence electrons. The monoisotopic (exact) mass is 505 g/mol. The summed E-state index contributed by atoms with van der Waals surface area (Å²) in [6.45, 7) is 0. The summed E-state index contributed by atoms with van der Waals surface area (Å²) in [6, 6.07) is 9.19. The van der Waals surface area contributed by atoms with Crippen molar-refractivity contribution >= 4 is 21.7 Å². The molecule has 0 amide bonds. The number of halogens is 6. The van der Waals surface area contributed by atoms with E-state index in [4.69, 9.17) is 4.74 Å². The number of carboxylic acids is 1. The molecular weight excluding hydrogens is 492 g/mol. The first-order valence-corrected chi connectivity index (χ1v) is 10.6. The summed E-state index contributed by atoms with van der Waals surface area (Å²) in [5.74, 6) is -2.17. The Kier molecular flexibility index (Phi) is 6.51. The van der Waals surface area contributed by atoms with Gasteiger partial charge in [-0.2, -0.15) is 26.3 Å². The molecule has 0 unspecified atom stereocenters. The van der Waals surface area contributed by atoms with Gasteiger partial charge >= 0.3 is 18.3 Å². The predicted molar refractivity (Wildman–Crippen MR) is 107 cm³/mol. The zero-order valence-electron chi connectivity index (χ0n) is 16.6. The molecule has 0 bridgehead atoms. The average molecular weight is 505 g/mol. The first kappa shape index (κ1) is 24.9. The molecule has 2 N–H and O–H groups in total. The number of carbonyl (C=O) groups is 1. The van der Waals surface area contributed by atoms with Crippen LogP contribution in [-0.2, 0) is 22.4 Å². The number of sulfonamides is 1. The van der Waals surface area contributed by atoms with Crippen molar-refractivity contribution in [1.29, 1.82) is 0 Å². The molecule has 0 aliphatic heterocycles. The molecule has 0 aromatic heterocycles. The van der Waals surface area contributed by atoms with Crippen molar-refractivity contribution in [3.63, 3.8) is 0 Å². The van der Waals surface area contributed by atoms with Crippen LogP contribution < -0.4 is 9.46 Å². The van der Waals surface area contributed by atoms with Gasteiger partial charge in [-0.05, 0) is 54.6 Å². The van der Waals surface area contributed by atoms with Crippen molar-refractivity contribution in [2.45, 2.75) is 17.2 Å². The highest BCUT2D eigenvalue weighted by Crippen LogP contribution is 2.38. The smallest absolute Gasteiger partial charge is 0.416 e. The average Bonchev–Trinajstić information content (AvgIpc) is 2.73. The number of hydrogen-bond donors (Lipinski definition) is 2. The summed E-state index contributed by atoms with van der Waals surface area (Å²) in [6.07, 6.45) is -9.60. The van der Waals surface area contributed by atoms with Crippen LogP contribution in [0.15, 0.2) is 71.6 Å². The number of anilines is 1. The molecule has 34 heavy (non-hydrogen) atoms. The number of aromatic carboxylic acids is 1. The Bertz CT molecular complexity index is 1320. The lowest BCUT2D eigenvalue weighted by Crippen LogP contribution is -2.15. The molecule has 0 aliphatic carbocycles. The minimum absolute atomic E-state index is 0.287. The highest BCUT2D eigenvalue weighted by atomic mass is 32.2. The number of alkyl halides is 6. The number of hydrogen-bond acceptors (Lipinski definition) is 4. The van der Waals surface area contributed by atoms with Gasteiger partial charge in [-0.25, -0.2) is 13.2 Å². The van der Waals surface area contributed by atoms with E-state index >= 15 is 0 Å². The van der Waals surface area contributed by atoms with Gasteiger partial charge in [0.25, 0.3) is 10.0 Å². The van der Waals surface area contributed by atoms with Gasteiger partial charge in [-0.1, -0.05) is 12.1 Å². The largest absolute Gasteiger partial charge is 0.478 e. The van der Waals surface area contributed by atoms with Gasteiger partial charge in [-0.3, -0.25) is 4.72 Å². The number of carboxylic acid groups (broad SMARTS) is 1. The Labute approximate surface area is 188 Å². The maximum absolute atomic E-state index is 13.2. The second-order valence-electron chi connectivity index (χ2n) is 6.74. The molecule has 3 aromatic rings. The van der Waals surface area contributed by atoms with Crippen molar-refractivity contribution < 1.29 is 49.4 Å². The molecule has 0 saturated carbocycles. The molecule has 6 nitrogen and oxygen atoms in total. The Morgan fingerprint density at radius 2 is 1.35 bits per heavy atom. The van der Waals surface area contributed by atoms with Crippen molar-refractivity contribution in [2.24, 2.45) is 0 Å². The van der Waals surface area contributed by atoms with Crippen LogP contribution in [0.2, 0.25) is 0 Å². The topological polar surface area (TPSA) is 92.7 Å². The van der Waals surface area contributed by atoms with E-state index < -0.39 is 55.8 Å². The van der Waals surface area contributed by atoms with Crippen LogP contribution in [-0.4, -0.2) is 19.5 Å². The third kappa shape index (κ3) is 5.60. The number of rotatable bonds is 6. The van der Waals surface area contributed by atoms with Crippen LogP contribution in [0.4, 0.5) is 32.0 Å². The lowest BCUT2D eigenvalue weighted by atomic mass is 10.1. The fourth-order valence-corrected chi connectivity index (χ4v) is 3.81. The number of para-hydroxylation sites is 1. The minimum atomic E-state index is -4.87. The van der Waals surface area contributed by atoms with Gasteiger partial charge in [0.1, 0.15) is 11.3 Å². The van der Waals surface area contributed by atoms with Crippen molar-refractivity contribution in [2.75, 3.05) is 4.72 Å². The molecular formula is C21H13F6NO5S. The van der Waals surface area contributed by atoms with Gasteiger partial charge in [-0.15, -0.1) is 0 Å². The summed E-state index contributed by atoms with van der Waals surface area (Å²) in [5.41, 5.74) is -3.44. The SMILES string of the molecule is O=C(O)c1ccccc1Oc1ccc(C(F)(F)F)cc1NS(=O)(=O)c1ccc(C(F)(F)F)cc1. The Morgan fingerprint density at radius 1 is 0.794 bits per heavy atom. The van der Waals surface area contributed by atoms with Gasteiger partial charge < -0.3 is 9.84 Å². The third-order valence-electron chi connectivity index (χ3n) is 4.38. The zero-order chi connectivity index (χ0) is 25.3. The Hall–Kier alpha value is -3.74. The number of nitrogens with one attached hydrogen (secondary N) is 1. The fourth-order valence-electron chi connectivity index (χ4n) is 2.75. The van der Waals surface area contributed by atoms with Crippen molar-refractivity contribution in [3.05, 3.63) is 83.4 Å². The van der Waals surface area contributed by atoms with Crippen LogP contribution in [0.25, 0.3) is 0 Å². The van der Waals surface area contributed by atoms with Crippen LogP contribution in [0.1, 0.15) is 21.5 Å². The summed E-state index contributed by atoms with van der Waals surface area (Å²) < 4.78 is 110. The number of benzene rings is 3. The molecule has 0 spiro atoms. The molecule has 13 heteroatoms. The third-order valence-corrected chi connectivity index (χ3v) is 5.76. The number of ether oxygens (including phenoxy) is 1. The molecule has 0 aliphatic rings. The van der Waals surface area contributed by atoms with E-state index in [1.165, 1.54) is 18.2 Å². The van der Waals surface area contributed by atoms with Crippen LogP contribution in [0, 0.1) is 0 Å². The lowest BCUT2D eigenvalue weighted by molar-refractivity contribution is -0.138. The standard InChI is InChI=1S/C21H13F6NO5S/c22-20(23,24)12-5-8-14(9-6-12)34(31,32)28-16-11-13(21(25,26)27)7-10-18(16)33-17-4-2-1-3-15(17)19(29)30/h1-11,28H,(H,29,30). The summed E-state index contributed by atoms with van der Waals surface area (Å²) in [4.78, 5) is 10.7. The maximum Gasteiger partial charge on any atom is 0.416 e. The Balaban J connectivity index is 2.04. The van der Waals surface area contributed by atoms with Crippen LogP contribution in [0.5, 0.6) is 11.5 Å². The van der Waals surface area contributed by atoms with E-state index in [-0.39, 0.29) is 11.3 Å². The zero-order valence-corrected chi connectivity index (χ0v) is 17.4. The van der Waals surface area contributed by atoms with Gasteiger partial charge in [0.15, 0.2) is 5.75 Å². The first-order chi connectivity index (χ1) is 15.7. The van der Waals surface area contributed by atoms with E-state index in [0.29, 0.717) is 36.4 Å². The van der Waals surface area contributed by atoms with E-state index in [1.807, 2.05) is 4.72 Å².